The van der Waals surface area contributed by atoms with Gasteiger partial charge in [0.1, 0.15) is 23.1 Å². The summed E-state index contributed by atoms with van der Waals surface area (Å²) in [6.45, 7) is 13.7. The van der Waals surface area contributed by atoms with Gasteiger partial charge in [0.25, 0.3) is 5.56 Å². The van der Waals surface area contributed by atoms with Crippen LogP contribution >= 0.6 is 0 Å². The maximum atomic E-state index is 17.4. The highest BCUT2D eigenvalue weighted by molar-refractivity contribution is 6.03. The lowest BCUT2D eigenvalue weighted by molar-refractivity contribution is -0.128. The van der Waals surface area contributed by atoms with E-state index in [9.17, 15) is 15.0 Å². The van der Waals surface area contributed by atoms with Crippen LogP contribution in [0, 0.1) is 24.4 Å². The third kappa shape index (κ3) is 5.61. The Kier molecular flexibility index (Phi) is 8.95. The molecule has 49 heavy (non-hydrogen) atoms. The van der Waals surface area contributed by atoms with Crippen molar-refractivity contribution >= 4 is 28.2 Å². The van der Waals surface area contributed by atoms with Crippen molar-refractivity contribution in [3.05, 3.63) is 88.2 Å². The van der Waals surface area contributed by atoms with E-state index in [4.69, 9.17) is 0 Å². The highest BCUT2D eigenvalue weighted by atomic mass is 19.1. The number of fused-ring (bicyclic) bond motifs is 5. The number of aliphatic hydroxyl groups is 1. The summed E-state index contributed by atoms with van der Waals surface area (Å²) in [6, 6.07) is 5.43. The smallest absolute Gasteiger partial charge is 0.281 e. The molecule has 12 heteroatoms. The minimum absolute atomic E-state index is 0.0598. The van der Waals surface area contributed by atoms with Gasteiger partial charge in [-0.05, 0) is 69.0 Å². The van der Waals surface area contributed by atoms with Crippen LogP contribution in [0.4, 0.5) is 24.5 Å². The molecule has 1 amide bonds. The Bertz CT molecular complexity index is 2030. The van der Waals surface area contributed by atoms with E-state index in [0.717, 1.165) is 18.2 Å². The van der Waals surface area contributed by atoms with Crippen LogP contribution in [0.2, 0.25) is 0 Å². The van der Waals surface area contributed by atoms with Crippen molar-refractivity contribution in [2.75, 3.05) is 36.0 Å². The largest absolute Gasteiger partial charge is 0.507 e. The molecule has 2 aromatic heterocycles. The zero-order chi connectivity index (χ0) is 35.5. The van der Waals surface area contributed by atoms with Crippen molar-refractivity contribution in [2.24, 2.45) is 0 Å². The van der Waals surface area contributed by atoms with Gasteiger partial charge in [-0.15, -0.1) is 0 Å². The number of aryl methyl sites for hydroxylation is 1. The number of phenols is 1. The monoisotopic (exact) mass is 675 g/mol. The quantitative estimate of drug-likeness (QED) is 0.239. The number of nitrogens with zero attached hydrogens (tertiary/aromatic N) is 5. The Morgan fingerprint density at radius 3 is 2.45 bits per heavy atom. The van der Waals surface area contributed by atoms with Gasteiger partial charge in [-0.2, -0.15) is 0 Å². The third-order valence-electron chi connectivity index (χ3n) is 9.62. The average molecular weight is 676 g/mol. The van der Waals surface area contributed by atoms with E-state index in [1.54, 1.807) is 31.0 Å². The van der Waals surface area contributed by atoms with Gasteiger partial charge >= 0.3 is 0 Å². The van der Waals surface area contributed by atoms with Gasteiger partial charge in [-0.3, -0.25) is 19.1 Å². The number of carbonyl (C=O) groups is 1. The molecular formula is C37H40F3N5O4. The number of aromatic nitrogens is 2. The number of phenolic OH excluding ortho intramolecular Hbond substituents is 1. The molecule has 3 unspecified atom stereocenters. The van der Waals surface area contributed by atoms with Gasteiger partial charge in [-0.1, -0.05) is 26.5 Å². The molecule has 258 valence electrons. The second-order valence-corrected chi connectivity index (χ2v) is 13.4. The average Bonchev–Trinajstić information content (AvgIpc) is 3.04. The summed E-state index contributed by atoms with van der Waals surface area (Å²) in [5, 5.41) is 21.0. The first-order valence-corrected chi connectivity index (χ1v) is 16.4. The Morgan fingerprint density at radius 2 is 1.80 bits per heavy atom. The lowest BCUT2D eigenvalue weighted by Gasteiger charge is -2.52. The van der Waals surface area contributed by atoms with Crippen LogP contribution < -0.4 is 15.4 Å². The van der Waals surface area contributed by atoms with Crippen molar-refractivity contribution < 1.29 is 28.2 Å². The first-order chi connectivity index (χ1) is 23.3. The molecule has 1 fully saturated rings. The number of rotatable bonds is 7. The van der Waals surface area contributed by atoms with E-state index >= 15 is 18.0 Å². The minimum atomic E-state index is -1.22. The zero-order valence-corrected chi connectivity index (χ0v) is 28.2. The van der Waals surface area contributed by atoms with Crippen LogP contribution in [0.15, 0.2) is 54.0 Å². The highest BCUT2D eigenvalue weighted by Gasteiger charge is 2.43. The summed E-state index contributed by atoms with van der Waals surface area (Å²) in [6.07, 6.45) is 2.44. The maximum Gasteiger partial charge on any atom is 0.281 e. The Balaban J connectivity index is 1.78. The second-order valence-electron chi connectivity index (χ2n) is 13.4. The Morgan fingerprint density at radius 1 is 1.06 bits per heavy atom. The van der Waals surface area contributed by atoms with Crippen molar-refractivity contribution in [3.8, 4) is 22.6 Å². The highest BCUT2D eigenvalue weighted by Crippen LogP contribution is 2.46. The standard InChI is InChI=1S/C37H40F3N5O4/c1-7-28(48)43-18-23-17-42(14-12-22(6)46)36-35(44(23)16-21(43)5)24-15-26(39)30(29-25(38)9-8-10-27(29)47)31(40)34(24)45(37(36)49)33-20(4)11-13-41-32(33)19(2)3/h7-11,13,15,19,21-23,46-47H,1,12,14,16-18H2,2-6H3. The van der Waals surface area contributed by atoms with Crippen molar-refractivity contribution in [2.45, 2.75) is 65.1 Å². The number of hydrogen-bond donors (Lipinski definition) is 2. The summed E-state index contributed by atoms with van der Waals surface area (Å²) in [5.41, 5.74) is -0.473. The molecule has 2 N–H and O–H groups in total. The predicted molar refractivity (Wildman–Crippen MR) is 184 cm³/mol. The lowest BCUT2D eigenvalue weighted by Crippen LogP contribution is -2.64. The SMILES string of the molecule is C=CC(=O)N1CC2CN(CCC(C)O)c3c(c4cc(F)c(-c5c(O)cccc5F)c(F)c4n(-c4c(C)ccnc4C(C)C)c3=O)N2CC1C. The predicted octanol–water partition coefficient (Wildman–Crippen LogP) is 5.79. The summed E-state index contributed by atoms with van der Waals surface area (Å²) in [5.74, 6) is -4.52. The van der Waals surface area contributed by atoms with Crippen LogP contribution in [0.5, 0.6) is 5.75 Å². The molecule has 0 bridgehead atoms. The molecule has 2 aliphatic heterocycles. The van der Waals surface area contributed by atoms with Crippen molar-refractivity contribution in [1.29, 1.82) is 0 Å². The number of aliphatic hydroxyl groups excluding tert-OH is 1. The topological polar surface area (TPSA) is 102 Å². The van der Waals surface area contributed by atoms with Crippen molar-refractivity contribution in [1.82, 2.24) is 14.5 Å². The fourth-order valence-electron chi connectivity index (χ4n) is 7.29. The fourth-order valence-corrected chi connectivity index (χ4v) is 7.29. The van der Waals surface area contributed by atoms with E-state index in [-0.39, 0.29) is 65.8 Å². The molecule has 4 aromatic rings. The number of amides is 1. The van der Waals surface area contributed by atoms with Crippen LogP contribution in [0.3, 0.4) is 0 Å². The van der Waals surface area contributed by atoms with Crippen LogP contribution in [-0.4, -0.2) is 74.9 Å². The molecule has 6 rings (SSSR count). The number of aromatic hydroxyl groups is 1. The number of anilines is 2. The summed E-state index contributed by atoms with van der Waals surface area (Å²) >= 11 is 0. The van der Waals surface area contributed by atoms with Crippen LogP contribution in [0.25, 0.3) is 27.7 Å². The van der Waals surface area contributed by atoms with Crippen LogP contribution in [-0.2, 0) is 4.79 Å². The Hall–Kier alpha value is -4.84. The van der Waals surface area contributed by atoms with Crippen molar-refractivity contribution in [3.63, 3.8) is 0 Å². The number of piperazine rings is 1. The zero-order valence-electron chi connectivity index (χ0n) is 28.2. The maximum absolute atomic E-state index is 17.4. The molecule has 2 aliphatic rings. The molecule has 9 nitrogen and oxygen atoms in total. The van der Waals surface area contributed by atoms with Gasteiger partial charge in [0, 0.05) is 43.8 Å². The molecule has 1 saturated heterocycles. The molecule has 0 saturated carbocycles. The normalized spacial score (nSPS) is 18.1. The first-order valence-electron chi connectivity index (χ1n) is 16.4. The van der Waals surface area contributed by atoms with Gasteiger partial charge in [0.15, 0.2) is 5.82 Å². The molecule has 4 heterocycles. The van der Waals surface area contributed by atoms with E-state index in [0.29, 0.717) is 29.9 Å². The van der Waals surface area contributed by atoms with Gasteiger partial charge < -0.3 is 24.9 Å². The van der Waals surface area contributed by atoms with E-state index < -0.39 is 46.0 Å². The molecule has 2 aromatic carbocycles. The molecule has 0 spiro atoms. The van der Waals surface area contributed by atoms with E-state index in [2.05, 4.69) is 11.6 Å². The summed E-state index contributed by atoms with van der Waals surface area (Å²) in [7, 11) is 0. The number of benzene rings is 2. The van der Waals surface area contributed by atoms with Gasteiger partial charge in [0.05, 0.1) is 45.9 Å². The molecule has 3 atom stereocenters. The minimum Gasteiger partial charge on any atom is -0.507 e. The molecule has 0 radical (unpaired) electrons. The summed E-state index contributed by atoms with van der Waals surface area (Å²) < 4.78 is 50.3. The molecule has 0 aliphatic carbocycles. The number of hydrogen-bond acceptors (Lipinski definition) is 7. The first kappa shape index (κ1) is 34.0. The van der Waals surface area contributed by atoms with E-state index in [1.807, 2.05) is 30.6 Å². The second kappa shape index (κ2) is 12.9. The third-order valence-corrected chi connectivity index (χ3v) is 9.62. The Labute approximate surface area is 282 Å². The number of pyridine rings is 2. The molecular weight excluding hydrogens is 635 g/mol. The fraction of sp³-hybridized carbons (Fsp3) is 0.378. The van der Waals surface area contributed by atoms with E-state index in [1.165, 1.54) is 16.7 Å². The lowest BCUT2D eigenvalue weighted by atomic mass is 9.94. The summed E-state index contributed by atoms with van der Waals surface area (Å²) in [4.78, 5) is 38.0. The van der Waals surface area contributed by atoms with Gasteiger partial charge in [0.2, 0.25) is 5.91 Å². The number of halogens is 3. The number of carbonyl (C=O) groups excluding carboxylic acids is 1. The van der Waals surface area contributed by atoms with Gasteiger partial charge in [-0.25, -0.2) is 13.2 Å². The van der Waals surface area contributed by atoms with Crippen LogP contribution in [0.1, 0.15) is 51.3 Å².